The topological polar surface area (TPSA) is 29.0 Å². The number of likely N-dealkylation sites (N-methyl/N-ethyl adjacent to an activating group) is 1. The molecule has 1 aliphatic heterocycles. The van der Waals surface area contributed by atoms with Gasteiger partial charge in [0.1, 0.15) is 0 Å². The predicted molar refractivity (Wildman–Crippen MR) is 68.9 cm³/mol. The molecule has 17 heavy (non-hydrogen) atoms. The number of rotatable bonds is 1. The van der Waals surface area contributed by atoms with Gasteiger partial charge >= 0.3 is 0 Å². The minimum Gasteiger partial charge on any atom is -0.301 e. The van der Waals surface area contributed by atoms with Crippen molar-refractivity contribution < 1.29 is 0 Å². The molecule has 0 fully saturated rings. The van der Waals surface area contributed by atoms with Crippen LogP contribution in [0, 0.1) is 0 Å². The molecule has 0 N–H and O–H groups in total. The maximum atomic E-state index is 4.40. The number of nitrogens with zero attached hydrogens (tertiary/aromatic N) is 3. The number of hydrogen-bond acceptors (Lipinski definition) is 3. The summed E-state index contributed by atoms with van der Waals surface area (Å²) in [6.45, 7) is 4.43. The Morgan fingerprint density at radius 1 is 1.24 bits per heavy atom. The molecule has 0 radical (unpaired) electrons. The van der Waals surface area contributed by atoms with E-state index in [0.717, 1.165) is 24.1 Å². The average molecular weight is 227 g/mol. The number of hydrogen-bond donors (Lipinski definition) is 0. The summed E-state index contributed by atoms with van der Waals surface area (Å²) in [6.07, 6.45) is 4.71. The second kappa shape index (κ2) is 4.08. The molecular formula is C14H17N3. The van der Waals surface area contributed by atoms with Crippen LogP contribution in [0.5, 0.6) is 0 Å². The third kappa shape index (κ3) is 1.80. The minimum absolute atomic E-state index is 0.634. The van der Waals surface area contributed by atoms with Crippen molar-refractivity contribution in [1.29, 1.82) is 0 Å². The number of benzene rings is 1. The van der Waals surface area contributed by atoms with Gasteiger partial charge in [0.2, 0.25) is 0 Å². The van der Waals surface area contributed by atoms with Gasteiger partial charge in [0, 0.05) is 25.5 Å². The highest BCUT2D eigenvalue weighted by Gasteiger charge is 2.22. The molecule has 0 bridgehead atoms. The Morgan fingerprint density at radius 3 is 2.65 bits per heavy atom. The largest absolute Gasteiger partial charge is 0.301 e. The summed E-state index contributed by atoms with van der Waals surface area (Å²) < 4.78 is 0. The first-order valence-electron chi connectivity index (χ1n) is 6.20. The Balaban J connectivity index is 2.19. The van der Waals surface area contributed by atoms with Gasteiger partial charge in [-0.05, 0) is 42.6 Å². The molecule has 1 atom stereocenters. The summed E-state index contributed by atoms with van der Waals surface area (Å²) in [4.78, 5) is 11.2. The third-order valence-corrected chi connectivity index (χ3v) is 3.64. The van der Waals surface area contributed by atoms with Crippen LogP contribution in [0.3, 0.4) is 0 Å². The van der Waals surface area contributed by atoms with Crippen molar-refractivity contribution in [2.24, 2.45) is 0 Å². The van der Waals surface area contributed by atoms with E-state index in [9.17, 15) is 0 Å². The fraction of sp³-hybridized carbons (Fsp3) is 0.429. The van der Waals surface area contributed by atoms with Gasteiger partial charge in [-0.2, -0.15) is 0 Å². The fourth-order valence-corrected chi connectivity index (χ4v) is 2.77. The lowest BCUT2D eigenvalue weighted by Gasteiger charge is -2.31. The Hall–Kier alpha value is -1.48. The minimum atomic E-state index is 0.634. The van der Waals surface area contributed by atoms with Crippen molar-refractivity contribution in [3.63, 3.8) is 0 Å². The highest BCUT2D eigenvalue weighted by atomic mass is 15.1. The van der Waals surface area contributed by atoms with Gasteiger partial charge in [-0.3, -0.25) is 9.97 Å². The average Bonchev–Trinajstić information content (AvgIpc) is 2.35. The number of fused-ring (bicyclic) bond motifs is 2. The van der Waals surface area contributed by atoms with E-state index in [4.69, 9.17) is 0 Å². The maximum absolute atomic E-state index is 4.40. The molecule has 3 nitrogen and oxygen atoms in total. The van der Waals surface area contributed by atoms with Gasteiger partial charge in [0.15, 0.2) is 0 Å². The highest BCUT2D eigenvalue weighted by molar-refractivity contribution is 5.76. The van der Waals surface area contributed by atoms with Crippen molar-refractivity contribution in [3.05, 3.63) is 35.7 Å². The Labute approximate surface area is 101 Å². The molecule has 3 rings (SSSR count). The lowest BCUT2D eigenvalue weighted by molar-refractivity contribution is 0.278. The molecule has 3 heteroatoms. The van der Waals surface area contributed by atoms with Crippen LogP contribution in [-0.2, 0) is 6.54 Å². The summed E-state index contributed by atoms with van der Waals surface area (Å²) in [5.41, 5.74) is 4.92. The van der Waals surface area contributed by atoms with Crippen LogP contribution in [0.1, 0.15) is 30.4 Å². The van der Waals surface area contributed by atoms with Gasteiger partial charge in [0.05, 0.1) is 11.0 Å². The molecule has 0 aliphatic carbocycles. The molecule has 88 valence electrons. The molecule has 0 spiro atoms. The van der Waals surface area contributed by atoms with Crippen molar-refractivity contribution in [3.8, 4) is 0 Å². The second-order valence-corrected chi connectivity index (χ2v) is 4.90. The molecule has 1 aromatic heterocycles. The van der Waals surface area contributed by atoms with Crippen LogP contribution in [0.4, 0.5) is 0 Å². The van der Waals surface area contributed by atoms with E-state index in [1.54, 1.807) is 12.4 Å². The Bertz CT molecular complexity index is 550. The quantitative estimate of drug-likeness (QED) is 0.749. The van der Waals surface area contributed by atoms with Crippen LogP contribution >= 0.6 is 0 Å². The summed E-state index contributed by atoms with van der Waals surface area (Å²) >= 11 is 0. The predicted octanol–water partition coefficient (Wildman–Crippen LogP) is 2.57. The van der Waals surface area contributed by atoms with Crippen molar-refractivity contribution in [2.75, 3.05) is 13.6 Å². The summed E-state index contributed by atoms with van der Waals surface area (Å²) in [7, 11) is 2.19. The lowest BCUT2D eigenvalue weighted by Crippen LogP contribution is -2.30. The van der Waals surface area contributed by atoms with E-state index in [2.05, 4.69) is 41.0 Å². The van der Waals surface area contributed by atoms with Gasteiger partial charge in [-0.1, -0.05) is 6.92 Å². The Morgan fingerprint density at radius 2 is 1.94 bits per heavy atom. The smallest absolute Gasteiger partial charge is 0.0890 e. The van der Waals surface area contributed by atoms with Crippen LogP contribution in [0.15, 0.2) is 24.5 Å². The number of aromatic nitrogens is 2. The standard InChI is InChI=1S/C14H17N3/c1-3-10-8-17(2)9-11-6-13-14(7-12(10)11)16-5-4-15-13/h4-7,10H,3,8-9H2,1-2H3. The van der Waals surface area contributed by atoms with Gasteiger partial charge in [0.25, 0.3) is 0 Å². The van der Waals surface area contributed by atoms with Crippen molar-refractivity contribution in [1.82, 2.24) is 14.9 Å². The molecule has 1 aromatic carbocycles. The molecule has 2 heterocycles. The molecule has 0 amide bonds. The molecular weight excluding hydrogens is 210 g/mol. The van der Waals surface area contributed by atoms with Gasteiger partial charge < -0.3 is 4.90 Å². The van der Waals surface area contributed by atoms with E-state index in [-0.39, 0.29) is 0 Å². The first kappa shape index (κ1) is 10.7. The Kier molecular flexibility index (Phi) is 2.56. The zero-order valence-electron chi connectivity index (χ0n) is 10.3. The lowest BCUT2D eigenvalue weighted by atomic mass is 9.88. The fourth-order valence-electron chi connectivity index (χ4n) is 2.77. The van der Waals surface area contributed by atoms with Crippen LogP contribution in [0.25, 0.3) is 11.0 Å². The van der Waals surface area contributed by atoms with Crippen LogP contribution in [0.2, 0.25) is 0 Å². The van der Waals surface area contributed by atoms with Crippen LogP contribution < -0.4 is 0 Å². The maximum Gasteiger partial charge on any atom is 0.0890 e. The van der Waals surface area contributed by atoms with Gasteiger partial charge in [-0.15, -0.1) is 0 Å². The zero-order valence-corrected chi connectivity index (χ0v) is 10.3. The normalized spacial score (nSPS) is 20.5. The second-order valence-electron chi connectivity index (χ2n) is 4.90. The first-order valence-corrected chi connectivity index (χ1v) is 6.20. The zero-order chi connectivity index (χ0) is 11.8. The first-order chi connectivity index (χ1) is 8.28. The van der Waals surface area contributed by atoms with Crippen molar-refractivity contribution in [2.45, 2.75) is 25.8 Å². The SMILES string of the molecule is CCC1CN(C)Cc2cc3nccnc3cc21. The molecule has 0 saturated carbocycles. The summed E-state index contributed by atoms with van der Waals surface area (Å²) in [5, 5.41) is 0. The van der Waals surface area contributed by atoms with Gasteiger partial charge in [-0.25, -0.2) is 0 Å². The molecule has 1 aliphatic rings. The van der Waals surface area contributed by atoms with E-state index in [1.165, 1.54) is 17.5 Å². The monoisotopic (exact) mass is 227 g/mol. The van der Waals surface area contributed by atoms with E-state index in [1.807, 2.05) is 0 Å². The summed E-state index contributed by atoms with van der Waals surface area (Å²) in [5.74, 6) is 0.634. The molecule has 1 unspecified atom stereocenters. The third-order valence-electron chi connectivity index (χ3n) is 3.64. The highest BCUT2D eigenvalue weighted by Crippen LogP contribution is 2.31. The molecule has 0 saturated heterocycles. The van der Waals surface area contributed by atoms with E-state index < -0.39 is 0 Å². The molecule has 2 aromatic rings. The van der Waals surface area contributed by atoms with E-state index >= 15 is 0 Å². The van der Waals surface area contributed by atoms with Crippen LogP contribution in [-0.4, -0.2) is 28.5 Å². The van der Waals surface area contributed by atoms with Crippen molar-refractivity contribution >= 4 is 11.0 Å². The van der Waals surface area contributed by atoms with E-state index in [0.29, 0.717) is 5.92 Å². The summed E-state index contributed by atoms with van der Waals surface area (Å²) in [6, 6.07) is 4.44.